The van der Waals surface area contributed by atoms with E-state index in [-0.39, 0.29) is 22.9 Å². The third-order valence-corrected chi connectivity index (χ3v) is 5.39. The number of ether oxygens (including phenoxy) is 1. The first-order valence-electron chi connectivity index (χ1n) is 8.64. The van der Waals surface area contributed by atoms with Crippen molar-refractivity contribution in [2.75, 3.05) is 18.5 Å². The second-order valence-corrected chi connectivity index (χ2v) is 7.81. The molecule has 0 unspecified atom stereocenters. The summed E-state index contributed by atoms with van der Waals surface area (Å²) in [5.41, 5.74) is 1.15. The number of hydrogen-bond acceptors (Lipinski definition) is 6. The SMILES string of the molecule is CCOc1cc(/C=C2\SC(=O)N(CC(=O)Nc3ccccc3)C2=O)cc(Br)c1O. The Labute approximate surface area is 179 Å². The molecule has 29 heavy (non-hydrogen) atoms. The summed E-state index contributed by atoms with van der Waals surface area (Å²) < 4.78 is 5.77. The van der Waals surface area contributed by atoms with Gasteiger partial charge in [-0.15, -0.1) is 0 Å². The van der Waals surface area contributed by atoms with E-state index in [0.717, 1.165) is 16.7 Å². The molecule has 0 saturated carbocycles. The minimum atomic E-state index is -0.551. The summed E-state index contributed by atoms with van der Waals surface area (Å²) in [6, 6.07) is 12.0. The third kappa shape index (κ3) is 4.99. The highest BCUT2D eigenvalue weighted by molar-refractivity contribution is 9.10. The molecule has 0 spiro atoms. The molecular weight excluding hydrogens is 460 g/mol. The number of para-hydroxylation sites is 1. The molecule has 9 heteroatoms. The molecule has 1 aliphatic heterocycles. The van der Waals surface area contributed by atoms with E-state index in [1.54, 1.807) is 43.3 Å². The van der Waals surface area contributed by atoms with E-state index < -0.39 is 17.1 Å². The number of hydrogen-bond donors (Lipinski definition) is 2. The van der Waals surface area contributed by atoms with Crippen LogP contribution in [0.1, 0.15) is 12.5 Å². The van der Waals surface area contributed by atoms with Crippen molar-refractivity contribution < 1.29 is 24.2 Å². The number of carbonyl (C=O) groups excluding carboxylic acids is 3. The van der Waals surface area contributed by atoms with Crippen molar-refractivity contribution in [3.8, 4) is 11.5 Å². The quantitative estimate of drug-likeness (QED) is 0.605. The zero-order chi connectivity index (χ0) is 21.0. The third-order valence-electron chi connectivity index (χ3n) is 3.88. The fraction of sp³-hybridized carbons (Fsp3) is 0.150. The van der Waals surface area contributed by atoms with Crippen molar-refractivity contribution in [3.63, 3.8) is 0 Å². The van der Waals surface area contributed by atoms with Crippen LogP contribution in [-0.4, -0.2) is 40.2 Å². The molecule has 1 saturated heterocycles. The number of phenolic OH excluding ortho intramolecular Hbond substituents is 1. The molecule has 7 nitrogen and oxygen atoms in total. The van der Waals surface area contributed by atoms with E-state index in [2.05, 4.69) is 21.2 Å². The zero-order valence-corrected chi connectivity index (χ0v) is 17.7. The van der Waals surface area contributed by atoms with Gasteiger partial charge in [-0.2, -0.15) is 0 Å². The highest BCUT2D eigenvalue weighted by atomic mass is 79.9. The first kappa shape index (κ1) is 20.9. The summed E-state index contributed by atoms with van der Waals surface area (Å²) in [5, 5.41) is 12.1. The maximum atomic E-state index is 12.6. The van der Waals surface area contributed by atoms with Crippen molar-refractivity contribution in [3.05, 3.63) is 57.4 Å². The summed E-state index contributed by atoms with van der Waals surface area (Å²) in [6.45, 7) is 1.77. The lowest BCUT2D eigenvalue weighted by Gasteiger charge is -2.12. The molecule has 0 aliphatic carbocycles. The van der Waals surface area contributed by atoms with Gasteiger partial charge in [-0.3, -0.25) is 19.3 Å². The van der Waals surface area contributed by atoms with E-state index in [1.165, 1.54) is 6.08 Å². The Morgan fingerprint density at radius 2 is 2.00 bits per heavy atom. The molecule has 0 radical (unpaired) electrons. The molecule has 0 aromatic heterocycles. The highest BCUT2D eigenvalue weighted by Crippen LogP contribution is 2.38. The van der Waals surface area contributed by atoms with Crippen LogP contribution in [0.5, 0.6) is 11.5 Å². The average molecular weight is 477 g/mol. The molecule has 2 N–H and O–H groups in total. The largest absolute Gasteiger partial charge is 0.503 e. The summed E-state index contributed by atoms with van der Waals surface area (Å²) in [6.07, 6.45) is 1.52. The van der Waals surface area contributed by atoms with Gasteiger partial charge < -0.3 is 15.2 Å². The molecule has 1 aliphatic rings. The smallest absolute Gasteiger partial charge is 0.294 e. The Hall–Kier alpha value is -2.78. The van der Waals surface area contributed by atoms with Gasteiger partial charge in [-0.25, -0.2) is 0 Å². The molecule has 3 rings (SSSR count). The van der Waals surface area contributed by atoms with E-state index >= 15 is 0 Å². The predicted molar refractivity (Wildman–Crippen MR) is 115 cm³/mol. The van der Waals surface area contributed by atoms with Gasteiger partial charge in [0.2, 0.25) is 5.91 Å². The summed E-state index contributed by atoms with van der Waals surface area (Å²) >= 11 is 3.99. The van der Waals surface area contributed by atoms with Crippen molar-refractivity contribution in [1.29, 1.82) is 0 Å². The number of halogens is 1. The predicted octanol–water partition coefficient (Wildman–Crippen LogP) is 4.23. The van der Waals surface area contributed by atoms with E-state index in [0.29, 0.717) is 22.3 Å². The van der Waals surface area contributed by atoms with Crippen LogP contribution in [0.25, 0.3) is 6.08 Å². The van der Waals surface area contributed by atoms with E-state index in [4.69, 9.17) is 4.74 Å². The number of imide groups is 1. The molecule has 1 fully saturated rings. The fourth-order valence-corrected chi connectivity index (χ4v) is 3.89. The lowest BCUT2D eigenvalue weighted by atomic mass is 10.2. The van der Waals surface area contributed by atoms with Gasteiger partial charge in [0.1, 0.15) is 6.54 Å². The number of rotatable bonds is 6. The van der Waals surface area contributed by atoms with Gasteiger partial charge in [0.15, 0.2) is 11.5 Å². The maximum Gasteiger partial charge on any atom is 0.294 e. The summed E-state index contributed by atoms with van der Waals surface area (Å²) in [5.74, 6) is -0.805. The number of nitrogens with one attached hydrogen (secondary N) is 1. The van der Waals surface area contributed by atoms with Crippen molar-refractivity contribution in [2.45, 2.75) is 6.92 Å². The van der Waals surface area contributed by atoms with Crippen LogP contribution in [0.3, 0.4) is 0 Å². The van der Waals surface area contributed by atoms with E-state index in [1.807, 2.05) is 6.07 Å². The van der Waals surface area contributed by atoms with Crippen LogP contribution in [0.2, 0.25) is 0 Å². The minimum Gasteiger partial charge on any atom is -0.503 e. The minimum absolute atomic E-state index is 0.0466. The first-order chi connectivity index (χ1) is 13.9. The first-order valence-corrected chi connectivity index (χ1v) is 10.3. The van der Waals surface area contributed by atoms with Gasteiger partial charge in [0, 0.05) is 5.69 Å². The Morgan fingerprint density at radius 3 is 2.69 bits per heavy atom. The summed E-state index contributed by atoms with van der Waals surface area (Å²) in [7, 11) is 0. The Balaban J connectivity index is 1.75. The average Bonchev–Trinajstić information content (AvgIpc) is 2.94. The lowest BCUT2D eigenvalue weighted by molar-refractivity contribution is -0.127. The highest BCUT2D eigenvalue weighted by Gasteiger charge is 2.36. The van der Waals surface area contributed by atoms with Crippen LogP contribution in [0, 0.1) is 0 Å². The molecular formula is C20H17BrN2O5S. The molecule has 150 valence electrons. The number of nitrogens with zero attached hydrogens (tertiary/aromatic N) is 1. The van der Waals surface area contributed by atoms with Crippen molar-refractivity contribution >= 4 is 56.5 Å². The van der Waals surface area contributed by atoms with Crippen LogP contribution in [0.15, 0.2) is 51.8 Å². The molecule has 3 amide bonds. The number of phenols is 1. The number of thioether (sulfide) groups is 1. The van der Waals surface area contributed by atoms with E-state index in [9.17, 15) is 19.5 Å². The Bertz CT molecular complexity index is 994. The van der Waals surface area contributed by atoms with Crippen molar-refractivity contribution in [1.82, 2.24) is 4.90 Å². The Kier molecular flexibility index (Phi) is 6.60. The van der Waals surface area contributed by atoms with Crippen LogP contribution < -0.4 is 10.1 Å². The topological polar surface area (TPSA) is 95.9 Å². The van der Waals surface area contributed by atoms with Gasteiger partial charge in [-0.1, -0.05) is 18.2 Å². The van der Waals surface area contributed by atoms with Gasteiger partial charge in [0.05, 0.1) is 16.0 Å². The second kappa shape index (κ2) is 9.15. The molecule has 1 heterocycles. The molecule has 0 bridgehead atoms. The second-order valence-electron chi connectivity index (χ2n) is 5.96. The van der Waals surface area contributed by atoms with Crippen LogP contribution in [-0.2, 0) is 9.59 Å². The molecule has 2 aromatic carbocycles. The number of carbonyl (C=O) groups is 3. The maximum absolute atomic E-state index is 12.6. The van der Waals surface area contributed by atoms with Crippen molar-refractivity contribution in [2.24, 2.45) is 0 Å². The van der Waals surface area contributed by atoms with Gasteiger partial charge >= 0.3 is 0 Å². The number of benzene rings is 2. The number of aromatic hydroxyl groups is 1. The van der Waals surface area contributed by atoms with Crippen LogP contribution >= 0.6 is 27.7 Å². The Morgan fingerprint density at radius 1 is 1.28 bits per heavy atom. The number of anilines is 1. The zero-order valence-electron chi connectivity index (χ0n) is 15.3. The van der Waals surface area contributed by atoms with Gasteiger partial charge in [-0.05, 0) is 70.5 Å². The normalized spacial score (nSPS) is 15.1. The fourth-order valence-electron chi connectivity index (χ4n) is 2.60. The summed E-state index contributed by atoms with van der Waals surface area (Å²) in [4.78, 5) is 38.1. The van der Waals surface area contributed by atoms with Crippen LogP contribution in [0.4, 0.5) is 10.5 Å². The number of amides is 3. The molecule has 2 aromatic rings. The lowest BCUT2D eigenvalue weighted by Crippen LogP contribution is -2.36. The standard InChI is InChI=1S/C20H17BrN2O5S/c1-2-28-15-9-12(8-14(21)18(15)25)10-16-19(26)23(20(27)29-16)11-17(24)22-13-6-4-3-5-7-13/h3-10,25H,2,11H2,1H3,(H,22,24)/b16-10-. The van der Waals surface area contributed by atoms with Gasteiger partial charge in [0.25, 0.3) is 11.1 Å². The monoisotopic (exact) mass is 476 g/mol. The molecule has 0 atom stereocenters.